The first-order valence-corrected chi connectivity index (χ1v) is 9.46. The van der Waals surface area contributed by atoms with Crippen LogP contribution in [0.15, 0.2) is 23.2 Å². The molecule has 1 aliphatic rings. The van der Waals surface area contributed by atoms with Crippen molar-refractivity contribution in [2.75, 3.05) is 12.3 Å². The van der Waals surface area contributed by atoms with Crippen LogP contribution in [-0.2, 0) is 4.74 Å². The maximum Gasteiger partial charge on any atom is 0.269 e. The Morgan fingerprint density at radius 1 is 1.44 bits per heavy atom. The van der Waals surface area contributed by atoms with Gasteiger partial charge in [0.05, 0.1) is 16.2 Å². The second kappa shape index (κ2) is 7.74. The summed E-state index contributed by atoms with van der Waals surface area (Å²) in [6.45, 7) is 13.2. The first-order valence-electron chi connectivity index (χ1n) is 8.48. The molecule has 0 spiro atoms. The van der Waals surface area contributed by atoms with E-state index in [0.717, 1.165) is 28.7 Å². The summed E-state index contributed by atoms with van der Waals surface area (Å²) in [5.41, 5.74) is 1.43. The van der Waals surface area contributed by atoms with Crippen LogP contribution in [0.2, 0.25) is 0 Å². The fraction of sp³-hybridized carbons (Fsp3) is 0.611. The number of nitrogens with zero attached hydrogens (tertiary/aromatic N) is 3. The molecule has 1 heterocycles. The van der Waals surface area contributed by atoms with Gasteiger partial charge in [-0.3, -0.25) is 10.1 Å². The highest BCUT2D eigenvalue weighted by atomic mass is 32.2. The van der Waals surface area contributed by atoms with Crippen LogP contribution in [0.3, 0.4) is 0 Å². The lowest BCUT2D eigenvalue weighted by molar-refractivity contribution is -0.384. The van der Waals surface area contributed by atoms with E-state index in [1.807, 2.05) is 6.92 Å². The van der Waals surface area contributed by atoms with Crippen LogP contribution >= 0.6 is 11.8 Å². The van der Waals surface area contributed by atoms with Crippen LogP contribution in [0.4, 0.5) is 11.4 Å². The number of non-ortho nitro benzene ring substituents is 1. The zero-order valence-corrected chi connectivity index (χ0v) is 16.6. The topological polar surface area (TPSA) is 68.0 Å². The fourth-order valence-corrected chi connectivity index (χ4v) is 3.68. The Balaban J connectivity index is 2.29. The molecular weight excluding hydrogens is 338 g/mol. The number of aliphatic imine (C=N–C) groups is 1. The summed E-state index contributed by atoms with van der Waals surface area (Å²) >= 11 is 1.67. The van der Waals surface area contributed by atoms with Gasteiger partial charge in [-0.1, -0.05) is 25.6 Å². The van der Waals surface area contributed by atoms with E-state index in [1.165, 1.54) is 6.07 Å². The van der Waals surface area contributed by atoms with Crippen molar-refractivity contribution in [3.05, 3.63) is 33.9 Å². The second-order valence-corrected chi connectivity index (χ2v) is 8.65. The Kier molecular flexibility index (Phi) is 6.11. The minimum atomic E-state index is -0.382. The average molecular weight is 365 g/mol. The average Bonchev–Trinajstić information content (AvgIpc) is 2.81. The van der Waals surface area contributed by atoms with Gasteiger partial charge in [0.1, 0.15) is 6.23 Å². The molecule has 1 aliphatic heterocycles. The number of hydrogen-bond donors (Lipinski definition) is 0. The van der Waals surface area contributed by atoms with Crippen molar-refractivity contribution < 1.29 is 9.66 Å². The van der Waals surface area contributed by atoms with E-state index in [1.54, 1.807) is 23.9 Å². The molecule has 1 saturated heterocycles. The summed E-state index contributed by atoms with van der Waals surface area (Å²) in [7, 11) is 0. The number of amidine groups is 1. The molecule has 0 bridgehead atoms. The quantitative estimate of drug-likeness (QED) is 0.557. The second-order valence-electron chi connectivity index (χ2n) is 7.66. The van der Waals surface area contributed by atoms with E-state index in [0.29, 0.717) is 5.92 Å². The number of thioether (sulfide) groups is 1. The van der Waals surface area contributed by atoms with Gasteiger partial charge in [-0.05, 0) is 45.2 Å². The summed E-state index contributed by atoms with van der Waals surface area (Å²) < 4.78 is 6.20. The Hall–Kier alpha value is -1.60. The van der Waals surface area contributed by atoms with Crippen LogP contribution in [0.1, 0.15) is 40.2 Å². The molecule has 1 fully saturated rings. The Morgan fingerprint density at radius 3 is 2.64 bits per heavy atom. The molecule has 2 rings (SSSR count). The Bertz CT molecular complexity index is 668. The van der Waals surface area contributed by atoms with Crippen molar-refractivity contribution in [2.45, 2.75) is 53.4 Å². The summed E-state index contributed by atoms with van der Waals surface area (Å²) in [6, 6.07) is 4.78. The predicted octanol–water partition coefficient (Wildman–Crippen LogP) is 4.74. The van der Waals surface area contributed by atoms with Gasteiger partial charge in [0, 0.05) is 24.4 Å². The maximum absolute atomic E-state index is 10.9. The van der Waals surface area contributed by atoms with Crippen LogP contribution < -0.4 is 0 Å². The van der Waals surface area contributed by atoms with Crippen molar-refractivity contribution in [1.29, 1.82) is 0 Å². The van der Waals surface area contributed by atoms with Crippen molar-refractivity contribution in [3.8, 4) is 0 Å². The van der Waals surface area contributed by atoms with E-state index < -0.39 is 0 Å². The minimum absolute atomic E-state index is 0.00972. The SMILES string of the molecule is Cc1cc([N+](=O)[O-])ccc1N=C1SC[C@@H](OC(C)(C)C)N1CC(C)C. The number of hydrogen-bond acceptors (Lipinski definition) is 5. The molecule has 0 unspecified atom stereocenters. The van der Waals surface area contributed by atoms with E-state index in [-0.39, 0.29) is 22.4 Å². The molecule has 0 aromatic heterocycles. The number of benzene rings is 1. The molecule has 0 radical (unpaired) electrons. The Labute approximate surface area is 153 Å². The maximum atomic E-state index is 10.9. The highest BCUT2D eigenvalue weighted by Gasteiger charge is 2.34. The highest BCUT2D eigenvalue weighted by Crippen LogP contribution is 2.32. The van der Waals surface area contributed by atoms with E-state index >= 15 is 0 Å². The summed E-state index contributed by atoms with van der Waals surface area (Å²) in [4.78, 5) is 17.5. The summed E-state index contributed by atoms with van der Waals surface area (Å²) in [6.07, 6.45) is -0.00972. The zero-order chi connectivity index (χ0) is 18.8. The zero-order valence-electron chi connectivity index (χ0n) is 15.8. The van der Waals surface area contributed by atoms with Gasteiger partial charge < -0.3 is 9.64 Å². The molecule has 0 saturated carbocycles. The molecule has 1 atom stereocenters. The number of aryl methyl sites for hydroxylation is 1. The Morgan fingerprint density at radius 2 is 2.12 bits per heavy atom. The van der Waals surface area contributed by atoms with Crippen LogP contribution in [0.25, 0.3) is 0 Å². The third kappa shape index (κ3) is 5.44. The predicted molar refractivity (Wildman–Crippen MR) is 104 cm³/mol. The van der Waals surface area contributed by atoms with E-state index in [4.69, 9.17) is 9.73 Å². The molecular formula is C18H27N3O3S. The largest absolute Gasteiger partial charge is 0.352 e. The smallest absolute Gasteiger partial charge is 0.269 e. The van der Waals surface area contributed by atoms with Crippen molar-refractivity contribution in [2.24, 2.45) is 10.9 Å². The number of rotatable bonds is 5. The first-order chi connectivity index (χ1) is 11.6. The molecule has 138 valence electrons. The van der Waals surface area contributed by atoms with Crippen molar-refractivity contribution in [3.63, 3.8) is 0 Å². The molecule has 6 nitrogen and oxygen atoms in total. The van der Waals surface area contributed by atoms with Gasteiger partial charge in [0.15, 0.2) is 5.17 Å². The third-order valence-corrected chi connectivity index (χ3v) is 4.64. The normalized spacial score (nSPS) is 19.9. The standard InChI is InChI=1S/C18H27N3O3S/c1-12(2)10-20-16(24-18(4,5)6)11-25-17(20)19-15-8-7-14(21(22)23)9-13(15)3/h7-9,12,16H,10-11H2,1-6H3/t16-/m1/s1. The third-order valence-electron chi connectivity index (χ3n) is 3.61. The lowest BCUT2D eigenvalue weighted by Crippen LogP contribution is -2.42. The van der Waals surface area contributed by atoms with Gasteiger partial charge >= 0.3 is 0 Å². The van der Waals surface area contributed by atoms with Gasteiger partial charge in [-0.15, -0.1) is 0 Å². The molecule has 1 aromatic carbocycles. The van der Waals surface area contributed by atoms with Gasteiger partial charge in [0.2, 0.25) is 0 Å². The number of nitro benzene ring substituents is 1. The van der Waals surface area contributed by atoms with Crippen LogP contribution in [0, 0.1) is 23.0 Å². The lowest BCUT2D eigenvalue weighted by atomic mass is 10.2. The van der Waals surface area contributed by atoms with Crippen molar-refractivity contribution >= 4 is 28.3 Å². The van der Waals surface area contributed by atoms with E-state index in [2.05, 4.69) is 39.5 Å². The highest BCUT2D eigenvalue weighted by molar-refractivity contribution is 8.14. The molecule has 0 aliphatic carbocycles. The van der Waals surface area contributed by atoms with E-state index in [9.17, 15) is 10.1 Å². The first kappa shape index (κ1) is 19.7. The van der Waals surface area contributed by atoms with Crippen molar-refractivity contribution in [1.82, 2.24) is 4.90 Å². The number of ether oxygens (including phenoxy) is 1. The number of nitro groups is 1. The van der Waals surface area contributed by atoms with Crippen LogP contribution in [0.5, 0.6) is 0 Å². The molecule has 1 aromatic rings. The molecule has 25 heavy (non-hydrogen) atoms. The monoisotopic (exact) mass is 365 g/mol. The molecule has 0 N–H and O–H groups in total. The molecule has 0 amide bonds. The summed E-state index contributed by atoms with van der Waals surface area (Å²) in [5.74, 6) is 1.31. The molecule has 7 heteroatoms. The van der Waals surface area contributed by atoms with Crippen LogP contribution in [-0.4, -0.2) is 39.1 Å². The fourth-order valence-electron chi connectivity index (χ4n) is 2.61. The van der Waals surface area contributed by atoms with Gasteiger partial charge in [-0.2, -0.15) is 0 Å². The van der Waals surface area contributed by atoms with Gasteiger partial charge in [-0.25, -0.2) is 4.99 Å². The lowest BCUT2D eigenvalue weighted by Gasteiger charge is -2.32. The summed E-state index contributed by atoms with van der Waals surface area (Å²) in [5, 5.41) is 11.8. The van der Waals surface area contributed by atoms with Gasteiger partial charge in [0.25, 0.3) is 5.69 Å². The minimum Gasteiger partial charge on any atom is -0.352 e.